The summed E-state index contributed by atoms with van der Waals surface area (Å²) in [6.07, 6.45) is -1.98. The van der Waals surface area contributed by atoms with Gasteiger partial charge in [0.1, 0.15) is 22.9 Å². The summed E-state index contributed by atoms with van der Waals surface area (Å²) in [7, 11) is -3.31. The Morgan fingerprint density at radius 2 is 1.85 bits per heavy atom. The summed E-state index contributed by atoms with van der Waals surface area (Å²) in [4.78, 5) is 30.8. The summed E-state index contributed by atoms with van der Waals surface area (Å²) in [6.45, 7) is 8.30. The molecular weight excluding hydrogens is 646 g/mol. The topological polar surface area (TPSA) is 132 Å². The Bertz CT molecular complexity index is 1600. The quantitative estimate of drug-likeness (QED) is 0.404. The molecule has 3 atom stereocenters. The highest BCUT2D eigenvalue weighted by atomic mass is 32.2. The van der Waals surface area contributed by atoms with Gasteiger partial charge in [0.15, 0.2) is 0 Å². The molecule has 11 nitrogen and oxygen atoms in total. The zero-order chi connectivity index (χ0) is 34.7. The monoisotopic (exact) mass is 685 g/mol. The normalized spacial score (nSPS) is 23.9. The molecule has 16 heteroatoms. The number of rotatable bonds is 7. The number of benzene rings is 2. The predicted molar refractivity (Wildman–Crippen MR) is 167 cm³/mol. The van der Waals surface area contributed by atoms with Crippen molar-refractivity contribution in [3.63, 3.8) is 0 Å². The van der Waals surface area contributed by atoms with Crippen LogP contribution in [0.4, 0.5) is 28.0 Å². The minimum atomic E-state index is -5.08. The number of sulfonamides is 1. The number of aliphatic imine (C=N–C) groups is 1. The number of halogens is 4. The van der Waals surface area contributed by atoms with E-state index < -0.39 is 39.6 Å². The highest BCUT2D eigenvalue weighted by Crippen LogP contribution is 2.41. The van der Waals surface area contributed by atoms with Crippen LogP contribution in [0.15, 0.2) is 53.5 Å². The Hall–Kier alpha value is -3.76. The zero-order valence-corrected chi connectivity index (χ0v) is 27.3. The first-order valence-corrected chi connectivity index (χ1v) is 16.9. The molecule has 2 N–H and O–H groups in total. The molecule has 0 saturated carbocycles. The molecule has 3 heterocycles. The average Bonchev–Trinajstić information content (AvgIpc) is 3.53. The van der Waals surface area contributed by atoms with Crippen LogP contribution in [0, 0.1) is 5.82 Å². The Balaban J connectivity index is 0.000000644. The van der Waals surface area contributed by atoms with Crippen molar-refractivity contribution in [2.45, 2.75) is 76.5 Å². The largest absolute Gasteiger partial charge is 0.491 e. The molecule has 2 aromatic rings. The number of urea groups is 1. The van der Waals surface area contributed by atoms with E-state index in [1.54, 1.807) is 17.0 Å². The standard InChI is InChI=1S/C29H38FN5O4S.C2HF3O2/c1-20(2)39-26-10-5-7-22(15-26)18-33-14-12-29(17-21(33)3)27(31-24-11-13-34(19-24)40(4,37)38)32-28(36)35(29)25-9-6-8-23(30)16-25;3-2(4,5)1(6)7/h5-10,15-16,20-21,24H,11-14,17-19H2,1-4H3,(H,31,32,36);(H,6,7)/t21-,24+,29+;/m1./s1. The van der Waals surface area contributed by atoms with Gasteiger partial charge in [-0.15, -0.1) is 0 Å². The van der Waals surface area contributed by atoms with Crippen molar-refractivity contribution in [1.29, 1.82) is 0 Å². The van der Waals surface area contributed by atoms with E-state index in [9.17, 15) is 30.8 Å². The van der Waals surface area contributed by atoms with Gasteiger partial charge >= 0.3 is 18.2 Å². The lowest BCUT2D eigenvalue weighted by molar-refractivity contribution is -0.192. The number of carboxylic acid groups (broad SMARTS) is 1. The number of piperidine rings is 1. The molecule has 0 aromatic heterocycles. The lowest BCUT2D eigenvalue weighted by Crippen LogP contribution is -2.63. The molecular formula is C31H39F4N5O6S. The van der Waals surface area contributed by atoms with E-state index in [1.807, 2.05) is 26.0 Å². The van der Waals surface area contributed by atoms with Gasteiger partial charge in [0.2, 0.25) is 10.0 Å². The summed E-state index contributed by atoms with van der Waals surface area (Å²) in [6, 6.07) is 13.7. The SMILES string of the molecule is CC(C)Oc1cccc(CN2CC[C@]3(C[C@H]2C)C(N[C@H]2CCN(S(C)(=O)=O)C2)=NC(=O)N3c2cccc(F)c2)c1.O=C(O)C(F)(F)F. The van der Waals surface area contributed by atoms with E-state index in [1.165, 1.54) is 22.7 Å². The second-order valence-corrected chi connectivity index (χ2v) is 14.2. The highest BCUT2D eigenvalue weighted by molar-refractivity contribution is 7.88. The Morgan fingerprint density at radius 3 is 2.43 bits per heavy atom. The van der Waals surface area contributed by atoms with Crippen molar-refractivity contribution in [1.82, 2.24) is 14.5 Å². The molecule has 2 saturated heterocycles. The first-order chi connectivity index (χ1) is 21.9. The summed E-state index contributed by atoms with van der Waals surface area (Å²) in [5, 5.41) is 10.6. The number of nitrogens with zero attached hydrogens (tertiary/aromatic N) is 4. The third kappa shape index (κ3) is 8.78. The van der Waals surface area contributed by atoms with Crippen molar-refractivity contribution in [2.75, 3.05) is 30.8 Å². The van der Waals surface area contributed by atoms with Crippen molar-refractivity contribution in [3.8, 4) is 5.75 Å². The molecule has 258 valence electrons. The van der Waals surface area contributed by atoms with E-state index in [0.717, 1.165) is 17.9 Å². The molecule has 1 spiro atoms. The zero-order valence-electron chi connectivity index (χ0n) is 26.5. The van der Waals surface area contributed by atoms with Crippen molar-refractivity contribution < 1.29 is 45.4 Å². The molecule has 5 rings (SSSR count). The van der Waals surface area contributed by atoms with Crippen LogP contribution in [0.3, 0.4) is 0 Å². The van der Waals surface area contributed by atoms with E-state index in [2.05, 4.69) is 34.3 Å². The maximum absolute atomic E-state index is 14.3. The van der Waals surface area contributed by atoms with Gasteiger partial charge in [0.25, 0.3) is 0 Å². The van der Waals surface area contributed by atoms with Gasteiger partial charge in [-0.2, -0.15) is 18.2 Å². The van der Waals surface area contributed by atoms with E-state index in [4.69, 9.17) is 14.6 Å². The fourth-order valence-electron chi connectivity index (χ4n) is 6.16. The molecule has 0 aliphatic carbocycles. The summed E-state index contributed by atoms with van der Waals surface area (Å²) < 4.78 is 77.5. The van der Waals surface area contributed by atoms with Gasteiger partial charge in [0.05, 0.1) is 12.4 Å². The number of nitrogens with one attached hydrogen (secondary N) is 1. The number of hydrogen-bond acceptors (Lipinski definition) is 7. The highest BCUT2D eigenvalue weighted by Gasteiger charge is 2.54. The molecule has 47 heavy (non-hydrogen) atoms. The molecule has 3 aliphatic heterocycles. The maximum atomic E-state index is 14.3. The number of carbonyl (C=O) groups is 2. The number of carboxylic acids is 1. The molecule has 2 amide bonds. The fourth-order valence-corrected chi connectivity index (χ4v) is 7.05. The summed E-state index contributed by atoms with van der Waals surface area (Å²) in [5.41, 5.74) is 0.820. The van der Waals surface area contributed by atoms with E-state index >= 15 is 0 Å². The van der Waals surface area contributed by atoms with Crippen molar-refractivity contribution in [2.24, 2.45) is 4.99 Å². The first kappa shape index (κ1) is 36.1. The van der Waals surface area contributed by atoms with Gasteiger partial charge in [-0.1, -0.05) is 18.2 Å². The first-order valence-electron chi connectivity index (χ1n) is 15.1. The minimum Gasteiger partial charge on any atom is -0.491 e. The number of carbonyl (C=O) groups excluding carboxylic acids is 1. The van der Waals surface area contributed by atoms with Crippen LogP contribution < -0.4 is 15.0 Å². The van der Waals surface area contributed by atoms with Gasteiger partial charge in [-0.3, -0.25) is 9.80 Å². The van der Waals surface area contributed by atoms with Gasteiger partial charge in [-0.25, -0.2) is 26.7 Å². The Morgan fingerprint density at radius 1 is 1.17 bits per heavy atom. The van der Waals surface area contributed by atoms with Crippen LogP contribution in [0.5, 0.6) is 5.75 Å². The number of amides is 2. The van der Waals surface area contributed by atoms with Gasteiger partial charge in [0, 0.05) is 44.0 Å². The number of aliphatic carboxylic acids is 1. The third-order valence-electron chi connectivity index (χ3n) is 8.26. The number of alkyl halides is 3. The minimum absolute atomic E-state index is 0.0773. The van der Waals surface area contributed by atoms with E-state index in [-0.39, 0.29) is 18.2 Å². The number of ether oxygens (including phenoxy) is 1. The number of hydrogen-bond donors (Lipinski definition) is 2. The Kier molecular flexibility index (Phi) is 10.9. The van der Waals surface area contributed by atoms with Gasteiger partial charge < -0.3 is 15.2 Å². The maximum Gasteiger partial charge on any atom is 0.490 e. The third-order valence-corrected chi connectivity index (χ3v) is 9.53. The Labute approximate surface area is 271 Å². The van der Waals surface area contributed by atoms with Crippen LogP contribution in [-0.2, 0) is 21.4 Å². The van der Waals surface area contributed by atoms with Crippen molar-refractivity contribution >= 4 is 33.5 Å². The number of likely N-dealkylation sites (tertiary alicyclic amines) is 1. The molecule has 2 fully saturated rings. The molecule has 0 unspecified atom stereocenters. The second kappa shape index (κ2) is 14.2. The molecule has 3 aliphatic rings. The smallest absolute Gasteiger partial charge is 0.490 e. The molecule has 0 radical (unpaired) electrons. The van der Waals surface area contributed by atoms with E-state index in [0.29, 0.717) is 50.4 Å². The van der Waals surface area contributed by atoms with Crippen LogP contribution in [-0.4, -0.2) is 96.4 Å². The van der Waals surface area contributed by atoms with Gasteiger partial charge in [-0.05, 0) is 75.9 Å². The van der Waals surface area contributed by atoms with Crippen LogP contribution in [0.1, 0.15) is 45.6 Å². The van der Waals surface area contributed by atoms with Crippen molar-refractivity contribution in [3.05, 3.63) is 59.9 Å². The summed E-state index contributed by atoms with van der Waals surface area (Å²) in [5.74, 6) is -1.80. The summed E-state index contributed by atoms with van der Waals surface area (Å²) >= 11 is 0. The van der Waals surface area contributed by atoms with Crippen LogP contribution >= 0.6 is 0 Å². The van der Waals surface area contributed by atoms with Crippen LogP contribution in [0.25, 0.3) is 0 Å². The molecule has 2 aromatic carbocycles. The number of amidine groups is 1. The van der Waals surface area contributed by atoms with Crippen LogP contribution in [0.2, 0.25) is 0 Å². The predicted octanol–water partition coefficient (Wildman–Crippen LogP) is 4.63. The lowest BCUT2D eigenvalue weighted by Gasteiger charge is -2.48. The second-order valence-electron chi connectivity index (χ2n) is 12.2. The fraction of sp³-hybridized carbons (Fsp3) is 0.516. The number of anilines is 1. The average molecular weight is 686 g/mol. The molecule has 0 bridgehead atoms. The lowest BCUT2D eigenvalue weighted by atomic mass is 9.80.